The van der Waals surface area contributed by atoms with Crippen molar-refractivity contribution in [1.29, 1.82) is 0 Å². The van der Waals surface area contributed by atoms with E-state index in [-0.39, 0.29) is 0 Å². The molecule has 64 valence electrons. The number of benzene rings is 1. The van der Waals surface area contributed by atoms with Gasteiger partial charge < -0.3 is 5.11 Å². The summed E-state index contributed by atoms with van der Waals surface area (Å²) in [5.74, 6) is -1.89. The average Bonchev–Trinajstić information content (AvgIpc) is 2.08. The number of hydrogen-bond acceptors (Lipinski definition) is 1. The van der Waals surface area contributed by atoms with Gasteiger partial charge in [0.05, 0.1) is 6.10 Å². The molecule has 1 N–H and O–H groups in total. The molecule has 1 nitrogen and oxygen atoms in total. The number of halogens is 2. The van der Waals surface area contributed by atoms with Gasteiger partial charge in [-0.15, -0.1) is 6.58 Å². The molecule has 3 heteroatoms. The van der Waals surface area contributed by atoms with Crippen LogP contribution in [0.4, 0.5) is 8.78 Å². The Kier molecular flexibility index (Phi) is 2.55. The molecular weight excluding hydrogens is 162 g/mol. The largest absolute Gasteiger partial charge is 0.384 e. The zero-order valence-corrected chi connectivity index (χ0v) is 6.30. The standard InChI is InChI=1S/C9H8F2O/c1-2-9(12)6-3-4-7(10)8(11)5-6/h2-5,9,12H,1H2. The second-order valence-corrected chi connectivity index (χ2v) is 2.35. The fourth-order valence-corrected chi connectivity index (χ4v) is 0.832. The molecule has 0 aliphatic heterocycles. The highest BCUT2D eigenvalue weighted by Crippen LogP contribution is 2.16. The van der Waals surface area contributed by atoms with Crippen molar-refractivity contribution in [1.82, 2.24) is 0 Å². The number of aliphatic hydroxyl groups is 1. The van der Waals surface area contributed by atoms with E-state index in [1.807, 2.05) is 0 Å². The van der Waals surface area contributed by atoms with Crippen molar-refractivity contribution in [3.8, 4) is 0 Å². The molecule has 0 aliphatic rings. The van der Waals surface area contributed by atoms with E-state index < -0.39 is 17.7 Å². The van der Waals surface area contributed by atoms with Crippen LogP contribution in [0, 0.1) is 11.6 Å². The van der Waals surface area contributed by atoms with Crippen molar-refractivity contribution in [2.75, 3.05) is 0 Å². The van der Waals surface area contributed by atoms with E-state index in [9.17, 15) is 8.78 Å². The van der Waals surface area contributed by atoms with Gasteiger partial charge in [0.15, 0.2) is 11.6 Å². The van der Waals surface area contributed by atoms with E-state index in [2.05, 4.69) is 6.58 Å². The molecule has 1 unspecified atom stereocenters. The Morgan fingerprint density at radius 3 is 2.50 bits per heavy atom. The summed E-state index contributed by atoms with van der Waals surface area (Å²) < 4.78 is 24.9. The Hall–Kier alpha value is -1.22. The quantitative estimate of drug-likeness (QED) is 0.674. The van der Waals surface area contributed by atoms with Crippen LogP contribution in [0.5, 0.6) is 0 Å². The van der Waals surface area contributed by atoms with E-state index in [0.29, 0.717) is 5.56 Å². The summed E-state index contributed by atoms with van der Waals surface area (Å²) >= 11 is 0. The highest BCUT2D eigenvalue weighted by Gasteiger charge is 2.06. The Morgan fingerprint density at radius 2 is 2.00 bits per heavy atom. The third-order valence-electron chi connectivity index (χ3n) is 1.51. The zero-order valence-electron chi connectivity index (χ0n) is 6.30. The maximum Gasteiger partial charge on any atom is 0.159 e. The molecule has 0 heterocycles. The highest BCUT2D eigenvalue weighted by atomic mass is 19.2. The minimum absolute atomic E-state index is 0.295. The first kappa shape index (κ1) is 8.87. The predicted molar refractivity (Wildman–Crippen MR) is 41.5 cm³/mol. The van der Waals surface area contributed by atoms with Crippen molar-refractivity contribution < 1.29 is 13.9 Å². The topological polar surface area (TPSA) is 20.2 Å². The lowest BCUT2D eigenvalue weighted by molar-refractivity contribution is 0.228. The minimum Gasteiger partial charge on any atom is -0.384 e. The molecule has 1 rings (SSSR count). The van der Waals surface area contributed by atoms with Crippen LogP contribution in [0.1, 0.15) is 11.7 Å². The molecule has 0 aromatic heterocycles. The molecule has 0 fully saturated rings. The van der Waals surface area contributed by atoms with Crippen molar-refractivity contribution in [3.05, 3.63) is 48.1 Å². The number of aliphatic hydroxyl groups excluding tert-OH is 1. The number of rotatable bonds is 2. The van der Waals surface area contributed by atoms with Crippen LogP contribution >= 0.6 is 0 Å². The zero-order chi connectivity index (χ0) is 9.14. The van der Waals surface area contributed by atoms with Crippen molar-refractivity contribution in [3.63, 3.8) is 0 Å². The molecule has 0 amide bonds. The molecule has 0 bridgehead atoms. The normalized spacial score (nSPS) is 12.6. The van der Waals surface area contributed by atoms with E-state index in [1.165, 1.54) is 12.1 Å². The van der Waals surface area contributed by atoms with Gasteiger partial charge >= 0.3 is 0 Å². The van der Waals surface area contributed by atoms with Gasteiger partial charge in [0.1, 0.15) is 0 Å². The van der Waals surface area contributed by atoms with Crippen LogP contribution < -0.4 is 0 Å². The lowest BCUT2D eigenvalue weighted by Crippen LogP contribution is -1.94. The van der Waals surface area contributed by atoms with Gasteiger partial charge in [-0.25, -0.2) is 8.78 Å². The molecule has 0 aliphatic carbocycles. The summed E-state index contributed by atoms with van der Waals surface area (Å²) in [5.41, 5.74) is 0.295. The molecular formula is C9H8F2O. The molecule has 12 heavy (non-hydrogen) atoms. The summed E-state index contributed by atoms with van der Waals surface area (Å²) in [6.07, 6.45) is 0.298. The van der Waals surface area contributed by atoms with Crippen LogP contribution in [-0.2, 0) is 0 Å². The summed E-state index contributed by atoms with van der Waals surface area (Å²) in [5, 5.41) is 9.14. The molecule has 0 spiro atoms. The van der Waals surface area contributed by atoms with E-state index in [0.717, 1.165) is 12.1 Å². The minimum atomic E-state index is -0.964. The van der Waals surface area contributed by atoms with Crippen LogP contribution in [0.15, 0.2) is 30.9 Å². The number of hydrogen-bond donors (Lipinski definition) is 1. The maximum atomic E-state index is 12.6. The molecule has 1 aromatic rings. The average molecular weight is 170 g/mol. The van der Waals surface area contributed by atoms with Crippen LogP contribution in [0.25, 0.3) is 0 Å². The van der Waals surface area contributed by atoms with Gasteiger partial charge in [0.25, 0.3) is 0 Å². The summed E-state index contributed by atoms with van der Waals surface area (Å²) in [6, 6.07) is 3.23. The third-order valence-corrected chi connectivity index (χ3v) is 1.51. The molecule has 0 radical (unpaired) electrons. The first-order chi connectivity index (χ1) is 5.65. The van der Waals surface area contributed by atoms with E-state index in [1.54, 1.807) is 0 Å². The van der Waals surface area contributed by atoms with Crippen LogP contribution in [-0.4, -0.2) is 5.11 Å². The molecule has 1 aromatic carbocycles. The Morgan fingerprint density at radius 1 is 1.33 bits per heavy atom. The van der Waals surface area contributed by atoms with Gasteiger partial charge in [-0.2, -0.15) is 0 Å². The fourth-order valence-electron chi connectivity index (χ4n) is 0.832. The molecule has 0 saturated carbocycles. The van der Waals surface area contributed by atoms with Gasteiger partial charge in [0, 0.05) is 0 Å². The van der Waals surface area contributed by atoms with Gasteiger partial charge in [-0.1, -0.05) is 12.1 Å². The second kappa shape index (κ2) is 3.45. The monoisotopic (exact) mass is 170 g/mol. The summed E-state index contributed by atoms with van der Waals surface area (Å²) in [7, 11) is 0. The van der Waals surface area contributed by atoms with Crippen LogP contribution in [0.3, 0.4) is 0 Å². The third kappa shape index (κ3) is 1.68. The van der Waals surface area contributed by atoms with Gasteiger partial charge in [-0.05, 0) is 17.7 Å². The molecule has 1 atom stereocenters. The van der Waals surface area contributed by atoms with Gasteiger partial charge in [0.2, 0.25) is 0 Å². The Bertz CT molecular complexity index is 297. The van der Waals surface area contributed by atoms with Gasteiger partial charge in [-0.3, -0.25) is 0 Å². The first-order valence-electron chi connectivity index (χ1n) is 3.40. The highest BCUT2D eigenvalue weighted by molar-refractivity contribution is 5.22. The fraction of sp³-hybridized carbons (Fsp3) is 0.111. The Labute approximate surface area is 69.0 Å². The lowest BCUT2D eigenvalue weighted by Gasteiger charge is -2.04. The van der Waals surface area contributed by atoms with Crippen molar-refractivity contribution in [2.24, 2.45) is 0 Å². The van der Waals surface area contributed by atoms with Crippen LogP contribution in [0.2, 0.25) is 0 Å². The smallest absolute Gasteiger partial charge is 0.159 e. The first-order valence-corrected chi connectivity index (χ1v) is 3.40. The SMILES string of the molecule is C=CC(O)c1ccc(F)c(F)c1. The Balaban J connectivity index is 3.04. The predicted octanol–water partition coefficient (Wildman–Crippen LogP) is 2.18. The summed E-state index contributed by atoms with van der Waals surface area (Å²) in [6.45, 7) is 3.32. The summed E-state index contributed by atoms with van der Waals surface area (Å²) in [4.78, 5) is 0. The van der Waals surface area contributed by atoms with E-state index >= 15 is 0 Å². The lowest BCUT2D eigenvalue weighted by atomic mass is 10.1. The van der Waals surface area contributed by atoms with Crippen molar-refractivity contribution >= 4 is 0 Å². The molecule has 0 saturated heterocycles. The van der Waals surface area contributed by atoms with Crippen molar-refractivity contribution in [2.45, 2.75) is 6.10 Å². The van der Waals surface area contributed by atoms with E-state index in [4.69, 9.17) is 5.11 Å². The maximum absolute atomic E-state index is 12.6. The second-order valence-electron chi connectivity index (χ2n) is 2.35.